The summed E-state index contributed by atoms with van der Waals surface area (Å²) in [5.41, 5.74) is 1.76. The number of nitrogens with one attached hydrogen (secondary N) is 1. The normalized spacial score (nSPS) is 9.85. The van der Waals surface area contributed by atoms with Gasteiger partial charge in [0.1, 0.15) is 11.8 Å². The number of nitriles is 1. The zero-order chi connectivity index (χ0) is 14.5. The van der Waals surface area contributed by atoms with Crippen molar-refractivity contribution in [2.75, 3.05) is 11.9 Å². The number of amides is 1. The quantitative estimate of drug-likeness (QED) is 0.935. The lowest BCUT2D eigenvalue weighted by Crippen LogP contribution is -2.10. The van der Waals surface area contributed by atoms with Gasteiger partial charge in [0.2, 0.25) is 0 Å². The summed E-state index contributed by atoms with van der Waals surface area (Å²) in [7, 11) is 0. The van der Waals surface area contributed by atoms with Crippen LogP contribution in [0.25, 0.3) is 0 Å². The van der Waals surface area contributed by atoms with E-state index < -0.39 is 0 Å². The highest BCUT2D eigenvalue weighted by Gasteiger charge is 2.11. The van der Waals surface area contributed by atoms with Crippen molar-refractivity contribution in [2.45, 2.75) is 13.8 Å². The van der Waals surface area contributed by atoms with Crippen molar-refractivity contribution in [3.8, 4) is 11.8 Å². The van der Waals surface area contributed by atoms with E-state index >= 15 is 0 Å². The fraction of sp³-hybridized carbons (Fsp3) is 0.200. The first kappa shape index (κ1) is 14.1. The summed E-state index contributed by atoms with van der Waals surface area (Å²) in [5.74, 6) is 0.423. The van der Waals surface area contributed by atoms with Gasteiger partial charge in [-0.2, -0.15) is 5.26 Å². The highest BCUT2D eigenvalue weighted by Crippen LogP contribution is 2.23. The first-order valence-corrected chi connectivity index (χ1v) is 6.90. The Morgan fingerprint density at radius 2 is 2.20 bits per heavy atom. The predicted molar refractivity (Wildman–Crippen MR) is 79.3 cm³/mol. The molecule has 0 aliphatic carbocycles. The summed E-state index contributed by atoms with van der Waals surface area (Å²) in [6.07, 6.45) is 0. The van der Waals surface area contributed by atoms with Crippen LogP contribution in [0.5, 0.6) is 5.75 Å². The second-order valence-corrected chi connectivity index (χ2v) is 5.53. The molecule has 0 saturated carbocycles. The summed E-state index contributed by atoms with van der Waals surface area (Å²) in [6, 6.07) is 10.8. The molecule has 1 aromatic heterocycles. The van der Waals surface area contributed by atoms with Gasteiger partial charge in [0.15, 0.2) is 6.61 Å². The van der Waals surface area contributed by atoms with Gasteiger partial charge >= 0.3 is 0 Å². The first-order valence-electron chi connectivity index (χ1n) is 6.08. The molecule has 0 bridgehead atoms. The Balaban J connectivity index is 2.09. The van der Waals surface area contributed by atoms with Crippen LogP contribution >= 0.6 is 11.3 Å². The molecule has 4 nitrogen and oxygen atoms in total. The molecule has 1 amide bonds. The average molecular weight is 286 g/mol. The van der Waals surface area contributed by atoms with Crippen LogP contribution in [0.15, 0.2) is 30.3 Å². The van der Waals surface area contributed by atoms with Gasteiger partial charge in [-0.25, -0.2) is 0 Å². The number of anilines is 1. The fourth-order valence-corrected chi connectivity index (χ4v) is 2.59. The number of rotatable bonds is 4. The first-order chi connectivity index (χ1) is 9.60. The van der Waals surface area contributed by atoms with E-state index in [2.05, 4.69) is 5.32 Å². The minimum absolute atomic E-state index is 0.0132. The van der Waals surface area contributed by atoms with Crippen LogP contribution in [0.4, 0.5) is 5.69 Å². The number of carbonyl (C=O) groups excluding carboxylic acids is 1. The number of ether oxygens (including phenoxy) is 1. The third-order valence-corrected chi connectivity index (χ3v) is 3.94. The summed E-state index contributed by atoms with van der Waals surface area (Å²) in [6.45, 7) is 3.97. The molecule has 1 heterocycles. The smallest absolute Gasteiger partial charge is 0.265 e. The molecule has 0 aliphatic heterocycles. The highest BCUT2D eigenvalue weighted by atomic mass is 32.1. The van der Waals surface area contributed by atoms with Gasteiger partial charge in [-0.1, -0.05) is 6.07 Å². The van der Waals surface area contributed by atoms with Gasteiger partial charge in [0.25, 0.3) is 5.91 Å². The average Bonchev–Trinajstić information content (AvgIpc) is 2.77. The van der Waals surface area contributed by atoms with Crippen molar-refractivity contribution in [2.24, 2.45) is 0 Å². The number of aryl methyl sites for hydroxylation is 2. The van der Waals surface area contributed by atoms with Crippen molar-refractivity contribution in [3.05, 3.63) is 45.6 Å². The zero-order valence-electron chi connectivity index (χ0n) is 11.3. The lowest BCUT2D eigenvalue weighted by molar-refractivity contribution is 0.103. The molecule has 0 radical (unpaired) electrons. The van der Waals surface area contributed by atoms with Crippen LogP contribution in [0.1, 0.15) is 20.1 Å². The number of thiophene rings is 1. The van der Waals surface area contributed by atoms with Crippen molar-refractivity contribution in [3.63, 3.8) is 0 Å². The van der Waals surface area contributed by atoms with Crippen LogP contribution in [-0.4, -0.2) is 12.5 Å². The van der Waals surface area contributed by atoms with E-state index in [4.69, 9.17) is 10.00 Å². The number of nitrogens with zero attached hydrogens (tertiary/aromatic N) is 1. The zero-order valence-corrected chi connectivity index (χ0v) is 12.1. The molecule has 1 aromatic carbocycles. The van der Waals surface area contributed by atoms with Crippen molar-refractivity contribution >= 4 is 22.9 Å². The van der Waals surface area contributed by atoms with Crippen molar-refractivity contribution < 1.29 is 9.53 Å². The molecule has 0 saturated heterocycles. The molecule has 5 heteroatoms. The minimum atomic E-state index is -0.136. The third kappa shape index (κ3) is 3.37. The van der Waals surface area contributed by atoms with Gasteiger partial charge in [-0.05, 0) is 37.6 Å². The maximum absolute atomic E-state index is 12.1. The molecule has 0 unspecified atom stereocenters. The molecule has 102 valence electrons. The number of hydrogen-bond acceptors (Lipinski definition) is 4. The second kappa shape index (κ2) is 6.22. The van der Waals surface area contributed by atoms with Crippen molar-refractivity contribution in [1.82, 2.24) is 0 Å². The minimum Gasteiger partial charge on any atom is -0.479 e. The molecule has 0 aliphatic rings. The third-order valence-electron chi connectivity index (χ3n) is 2.79. The summed E-state index contributed by atoms with van der Waals surface area (Å²) >= 11 is 1.47. The summed E-state index contributed by atoms with van der Waals surface area (Å²) < 4.78 is 5.20. The molecule has 2 aromatic rings. The molecule has 1 N–H and O–H groups in total. The van der Waals surface area contributed by atoms with Crippen molar-refractivity contribution in [1.29, 1.82) is 5.26 Å². The molecule has 0 fully saturated rings. The molecular weight excluding hydrogens is 272 g/mol. The molecule has 0 spiro atoms. The van der Waals surface area contributed by atoms with Gasteiger partial charge in [-0.3, -0.25) is 4.79 Å². The highest BCUT2D eigenvalue weighted by molar-refractivity contribution is 7.14. The van der Waals surface area contributed by atoms with Gasteiger partial charge in [0, 0.05) is 16.6 Å². The van der Waals surface area contributed by atoms with Gasteiger partial charge in [0.05, 0.1) is 4.88 Å². The van der Waals surface area contributed by atoms with E-state index in [9.17, 15) is 4.79 Å². The number of benzene rings is 1. The van der Waals surface area contributed by atoms with Gasteiger partial charge in [-0.15, -0.1) is 11.3 Å². The SMILES string of the molecule is Cc1cc(C(=O)Nc2cccc(OCC#N)c2)sc1C. The van der Waals surface area contributed by atoms with Crippen LogP contribution < -0.4 is 10.1 Å². The maximum atomic E-state index is 12.1. The predicted octanol–water partition coefficient (Wildman–Crippen LogP) is 3.52. The molecule has 2 rings (SSSR count). The van der Waals surface area contributed by atoms with Crippen LogP contribution in [0.2, 0.25) is 0 Å². The molecule has 0 atom stereocenters. The Morgan fingerprint density at radius 3 is 2.85 bits per heavy atom. The maximum Gasteiger partial charge on any atom is 0.265 e. The second-order valence-electron chi connectivity index (χ2n) is 4.28. The summed E-state index contributed by atoms with van der Waals surface area (Å²) in [4.78, 5) is 13.9. The van der Waals surface area contributed by atoms with Crippen LogP contribution in [0, 0.1) is 25.2 Å². The molecular formula is C15H14N2O2S. The van der Waals surface area contributed by atoms with E-state index in [-0.39, 0.29) is 12.5 Å². The van der Waals surface area contributed by atoms with Crippen LogP contribution in [-0.2, 0) is 0 Å². The van der Waals surface area contributed by atoms with Crippen LogP contribution in [0.3, 0.4) is 0 Å². The Kier molecular flexibility index (Phi) is 4.38. The summed E-state index contributed by atoms with van der Waals surface area (Å²) in [5, 5.41) is 11.3. The van der Waals surface area contributed by atoms with E-state index in [1.807, 2.05) is 26.0 Å². The number of hydrogen-bond donors (Lipinski definition) is 1. The lowest BCUT2D eigenvalue weighted by atomic mass is 10.2. The molecule has 20 heavy (non-hydrogen) atoms. The largest absolute Gasteiger partial charge is 0.479 e. The Labute approximate surface area is 121 Å². The van der Waals surface area contributed by atoms with E-state index in [0.29, 0.717) is 16.3 Å². The van der Waals surface area contributed by atoms with E-state index in [1.165, 1.54) is 11.3 Å². The lowest BCUT2D eigenvalue weighted by Gasteiger charge is -2.06. The Bertz CT molecular complexity index is 651. The monoisotopic (exact) mass is 286 g/mol. The fourth-order valence-electron chi connectivity index (χ4n) is 1.66. The van der Waals surface area contributed by atoms with E-state index in [0.717, 1.165) is 10.4 Å². The number of carbonyl (C=O) groups is 1. The Morgan fingerprint density at radius 1 is 1.40 bits per heavy atom. The Hall–Kier alpha value is -2.32. The topological polar surface area (TPSA) is 62.1 Å². The van der Waals surface area contributed by atoms with E-state index in [1.54, 1.807) is 24.3 Å². The van der Waals surface area contributed by atoms with Gasteiger partial charge < -0.3 is 10.1 Å². The standard InChI is InChI=1S/C15H14N2O2S/c1-10-8-14(20-11(10)2)15(18)17-12-4-3-5-13(9-12)19-7-6-16/h3-5,8-9H,7H2,1-2H3,(H,17,18).